The van der Waals surface area contributed by atoms with E-state index in [1.54, 1.807) is 19.4 Å². The number of para-hydroxylation sites is 1. The normalized spacial score (nSPS) is 10.2. The van der Waals surface area contributed by atoms with Crippen LogP contribution in [0.25, 0.3) is 0 Å². The number of nitrogens with one attached hydrogen (secondary N) is 2. The molecule has 0 atom stereocenters. The van der Waals surface area contributed by atoms with Gasteiger partial charge < -0.3 is 15.4 Å². The summed E-state index contributed by atoms with van der Waals surface area (Å²) in [5.41, 5.74) is 3.41. The third-order valence-electron chi connectivity index (χ3n) is 3.01. The Balaban J connectivity index is 1.99. The molecule has 5 heteroatoms. The minimum Gasteiger partial charge on any atom is -0.383 e. The van der Waals surface area contributed by atoms with E-state index < -0.39 is 0 Å². The summed E-state index contributed by atoms with van der Waals surface area (Å²) < 4.78 is 4.88. The number of aryl methyl sites for hydroxylation is 1. The van der Waals surface area contributed by atoms with E-state index in [0.29, 0.717) is 18.8 Å². The number of ether oxygens (including phenoxy) is 1. The lowest BCUT2D eigenvalue weighted by Crippen LogP contribution is -2.27. The number of hydrogen-bond donors (Lipinski definition) is 2. The molecular formula is C16H19N3O2. The van der Waals surface area contributed by atoms with Gasteiger partial charge in [0, 0.05) is 19.3 Å². The quantitative estimate of drug-likeness (QED) is 0.801. The molecule has 2 aromatic rings. The third-order valence-corrected chi connectivity index (χ3v) is 3.01. The molecule has 21 heavy (non-hydrogen) atoms. The van der Waals surface area contributed by atoms with Crippen LogP contribution >= 0.6 is 0 Å². The Kier molecular flexibility index (Phi) is 5.29. The molecule has 0 saturated carbocycles. The highest BCUT2D eigenvalue weighted by Gasteiger charge is 2.06. The summed E-state index contributed by atoms with van der Waals surface area (Å²) in [7, 11) is 1.59. The Morgan fingerprint density at radius 3 is 2.71 bits per heavy atom. The molecule has 0 spiro atoms. The average molecular weight is 285 g/mol. The van der Waals surface area contributed by atoms with Gasteiger partial charge >= 0.3 is 0 Å². The summed E-state index contributed by atoms with van der Waals surface area (Å²) in [5.74, 6) is -0.200. The average Bonchev–Trinajstić information content (AvgIpc) is 2.50. The molecule has 0 bridgehead atoms. The van der Waals surface area contributed by atoms with E-state index in [2.05, 4.69) is 15.6 Å². The topological polar surface area (TPSA) is 63.2 Å². The molecule has 0 aliphatic heterocycles. The van der Waals surface area contributed by atoms with E-state index in [1.165, 1.54) is 0 Å². The fourth-order valence-electron chi connectivity index (χ4n) is 1.83. The number of aromatic nitrogens is 1. The van der Waals surface area contributed by atoms with Gasteiger partial charge in [-0.25, -0.2) is 4.98 Å². The van der Waals surface area contributed by atoms with Crippen LogP contribution in [-0.2, 0) is 4.74 Å². The van der Waals surface area contributed by atoms with Crippen molar-refractivity contribution < 1.29 is 9.53 Å². The minimum atomic E-state index is -0.200. The van der Waals surface area contributed by atoms with Crippen LogP contribution in [0.4, 0.5) is 11.4 Å². The molecule has 2 N–H and O–H groups in total. The summed E-state index contributed by atoms with van der Waals surface area (Å²) in [5, 5.41) is 6.01. The van der Waals surface area contributed by atoms with Crippen molar-refractivity contribution in [3.05, 3.63) is 53.9 Å². The Bertz CT molecular complexity index is 597. The van der Waals surface area contributed by atoms with Gasteiger partial charge in [0.15, 0.2) is 0 Å². The summed E-state index contributed by atoms with van der Waals surface area (Å²) in [6.07, 6.45) is 1.65. The van der Waals surface area contributed by atoms with E-state index in [4.69, 9.17) is 4.74 Å². The van der Waals surface area contributed by atoms with Crippen molar-refractivity contribution in [1.29, 1.82) is 0 Å². The maximum absolute atomic E-state index is 11.8. The lowest BCUT2D eigenvalue weighted by Gasteiger charge is -2.09. The molecule has 1 aromatic heterocycles. The van der Waals surface area contributed by atoms with Crippen molar-refractivity contribution in [3.8, 4) is 0 Å². The number of amides is 1. The molecule has 0 saturated heterocycles. The van der Waals surface area contributed by atoms with Gasteiger partial charge in [-0.1, -0.05) is 18.2 Å². The van der Waals surface area contributed by atoms with Crippen molar-refractivity contribution in [1.82, 2.24) is 10.3 Å². The monoisotopic (exact) mass is 285 g/mol. The number of carbonyl (C=O) groups is 1. The van der Waals surface area contributed by atoms with Crippen molar-refractivity contribution in [3.63, 3.8) is 0 Å². The molecule has 1 amide bonds. The Morgan fingerprint density at radius 1 is 1.24 bits per heavy atom. The highest BCUT2D eigenvalue weighted by Crippen LogP contribution is 2.19. The first-order valence-corrected chi connectivity index (χ1v) is 6.76. The number of rotatable bonds is 6. The van der Waals surface area contributed by atoms with Gasteiger partial charge in [-0.3, -0.25) is 4.79 Å². The van der Waals surface area contributed by atoms with Crippen molar-refractivity contribution >= 4 is 17.3 Å². The Labute approximate surface area is 124 Å². The second kappa shape index (κ2) is 7.40. The molecule has 2 rings (SSSR count). The van der Waals surface area contributed by atoms with Crippen molar-refractivity contribution in [2.75, 3.05) is 25.6 Å². The Hall–Kier alpha value is -2.40. The highest BCUT2D eigenvalue weighted by atomic mass is 16.5. The zero-order valence-electron chi connectivity index (χ0n) is 12.2. The standard InChI is InChI=1S/C16H19N3O2/c1-12-5-3-4-6-14(12)19-13-7-8-15(18-11-13)16(20)17-9-10-21-2/h3-8,11,19H,9-10H2,1-2H3,(H,17,20). The van der Waals surface area contributed by atoms with Crippen LogP contribution < -0.4 is 10.6 Å². The largest absolute Gasteiger partial charge is 0.383 e. The minimum absolute atomic E-state index is 0.200. The smallest absolute Gasteiger partial charge is 0.269 e. The first kappa shape index (κ1) is 15.0. The van der Waals surface area contributed by atoms with Gasteiger partial charge in [-0.05, 0) is 30.7 Å². The molecule has 1 heterocycles. The molecule has 0 radical (unpaired) electrons. The van der Waals surface area contributed by atoms with Crippen LogP contribution in [-0.4, -0.2) is 31.2 Å². The third kappa shape index (κ3) is 4.29. The predicted molar refractivity (Wildman–Crippen MR) is 82.9 cm³/mol. The maximum Gasteiger partial charge on any atom is 0.269 e. The van der Waals surface area contributed by atoms with Crippen LogP contribution in [0, 0.1) is 6.92 Å². The number of nitrogens with zero attached hydrogens (tertiary/aromatic N) is 1. The van der Waals surface area contributed by atoms with Gasteiger partial charge in [0.25, 0.3) is 5.91 Å². The van der Waals surface area contributed by atoms with Gasteiger partial charge in [-0.2, -0.15) is 0 Å². The number of hydrogen-bond acceptors (Lipinski definition) is 4. The van der Waals surface area contributed by atoms with Crippen LogP contribution in [0.2, 0.25) is 0 Å². The van der Waals surface area contributed by atoms with Crippen molar-refractivity contribution in [2.45, 2.75) is 6.92 Å². The van der Waals surface area contributed by atoms with E-state index in [9.17, 15) is 4.79 Å². The summed E-state index contributed by atoms with van der Waals surface area (Å²) in [4.78, 5) is 16.0. The molecule has 0 unspecified atom stereocenters. The molecular weight excluding hydrogens is 266 g/mol. The molecule has 110 valence electrons. The van der Waals surface area contributed by atoms with Gasteiger partial charge in [0.05, 0.1) is 18.5 Å². The van der Waals surface area contributed by atoms with Crippen LogP contribution in [0.15, 0.2) is 42.6 Å². The SMILES string of the molecule is COCCNC(=O)c1ccc(Nc2ccccc2C)cn1. The molecule has 5 nitrogen and oxygen atoms in total. The molecule has 0 fully saturated rings. The summed E-state index contributed by atoms with van der Waals surface area (Å²) in [6.45, 7) is 2.99. The Morgan fingerprint density at radius 2 is 2.05 bits per heavy atom. The van der Waals surface area contributed by atoms with E-state index >= 15 is 0 Å². The van der Waals surface area contributed by atoms with Crippen LogP contribution in [0.5, 0.6) is 0 Å². The summed E-state index contributed by atoms with van der Waals surface area (Å²) >= 11 is 0. The van der Waals surface area contributed by atoms with Gasteiger partial charge in [0.2, 0.25) is 0 Å². The fraction of sp³-hybridized carbons (Fsp3) is 0.250. The van der Waals surface area contributed by atoms with Gasteiger partial charge in [0.1, 0.15) is 5.69 Å². The first-order chi connectivity index (χ1) is 10.2. The molecule has 1 aromatic carbocycles. The van der Waals surface area contributed by atoms with Gasteiger partial charge in [-0.15, -0.1) is 0 Å². The highest BCUT2D eigenvalue weighted by molar-refractivity contribution is 5.92. The van der Waals surface area contributed by atoms with E-state index in [1.807, 2.05) is 37.3 Å². The number of pyridine rings is 1. The fourth-order valence-corrected chi connectivity index (χ4v) is 1.83. The van der Waals surface area contributed by atoms with Crippen LogP contribution in [0.3, 0.4) is 0 Å². The second-order valence-corrected chi connectivity index (χ2v) is 4.62. The summed E-state index contributed by atoms with van der Waals surface area (Å²) in [6, 6.07) is 11.5. The molecule has 0 aliphatic rings. The number of benzene rings is 1. The van der Waals surface area contributed by atoms with Crippen LogP contribution in [0.1, 0.15) is 16.1 Å². The zero-order valence-corrected chi connectivity index (χ0v) is 12.2. The maximum atomic E-state index is 11.8. The van der Waals surface area contributed by atoms with Crippen molar-refractivity contribution in [2.24, 2.45) is 0 Å². The number of carbonyl (C=O) groups excluding carboxylic acids is 1. The number of methoxy groups -OCH3 is 1. The number of anilines is 2. The van der Waals surface area contributed by atoms with E-state index in [-0.39, 0.29) is 5.91 Å². The zero-order chi connectivity index (χ0) is 15.1. The predicted octanol–water partition coefficient (Wildman–Crippen LogP) is 2.51. The van der Waals surface area contributed by atoms with E-state index in [0.717, 1.165) is 16.9 Å². The molecule has 0 aliphatic carbocycles. The lowest BCUT2D eigenvalue weighted by atomic mass is 10.2. The first-order valence-electron chi connectivity index (χ1n) is 6.76. The lowest BCUT2D eigenvalue weighted by molar-refractivity contribution is 0.0932. The second-order valence-electron chi connectivity index (χ2n) is 4.62.